The van der Waals surface area contributed by atoms with Crippen molar-refractivity contribution in [3.05, 3.63) is 5.56 Å². The van der Waals surface area contributed by atoms with E-state index in [9.17, 15) is 4.79 Å². The number of nitrogens with zero attached hydrogens (tertiary/aromatic N) is 1. The molecule has 0 bridgehead atoms. The Labute approximate surface area is 122 Å². The van der Waals surface area contributed by atoms with E-state index in [2.05, 4.69) is 14.4 Å². The minimum atomic E-state index is -0.471. The smallest absolute Gasteiger partial charge is 0.344 e. The van der Waals surface area contributed by atoms with Gasteiger partial charge in [-0.2, -0.15) is 4.37 Å². The van der Waals surface area contributed by atoms with E-state index < -0.39 is 5.97 Å². The Bertz CT molecular complexity index is 411. The van der Waals surface area contributed by atoms with Gasteiger partial charge in [-0.05, 0) is 24.4 Å². The van der Waals surface area contributed by atoms with Gasteiger partial charge >= 0.3 is 5.97 Å². The maximum atomic E-state index is 11.5. The molecule has 0 aromatic carbocycles. The predicted molar refractivity (Wildman–Crippen MR) is 78.3 cm³/mol. The van der Waals surface area contributed by atoms with Gasteiger partial charge in [-0.1, -0.05) is 0 Å². The molecular weight excluding hydrogens is 282 g/mol. The van der Waals surface area contributed by atoms with Gasteiger partial charge in [0.05, 0.1) is 20.3 Å². The molecule has 0 spiro atoms. The zero-order chi connectivity index (χ0) is 14.8. The lowest BCUT2D eigenvalue weighted by Crippen LogP contribution is -2.09. The van der Waals surface area contributed by atoms with Gasteiger partial charge < -0.3 is 25.3 Å². The molecule has 0 aliphatic heterocycles. The van der Waals surface area contributed by atoms with Crippen LogP contribution in [0.2, 0.25) is 0 Å². The molecule has 0 saturated heterocycles. The number of ether oxygens (including phenoxy) is 3. The lowest BCUT2D eigenvalue weighted by Gasteiger charge is -2.06. The molecule has 0 atom stereocenters. The molecule has 0 saturated carbocycles. The number of nitrogen functional groups attached to an aromatic ring is 1. The molecule has 1 aromatic heterocycles. The first-order valence-corrected chi connectivity index (χ1v) is 7.12. The summed E-state index contributed by atoms with van der Waals surface area (Å²) in [7, 11) is 2.97. The van der Waals surface area contributed by atoms with Crippen LogP contribution in [0.4, 0.5) is 10.8 Å². The van der Waals surface area contributed by atoms with Crippen molar-refractivity contribution in [2.24, 2.45) is 0 Å². The van der Waals surface area contributed by atoms with E-state index in [0.717, 1.165) is 30.9 Å². The molecule has 0 aliphatic rings. The lowest BCUT2D eigenvalue weighted by atomic mass is 10.3. The molecule has 114 valence electrons. The van der Waals surface area contributed by atoms with Crippen LogP contribution in [-0.4, -0.2) is 50.9 Å². The number of rotatable bonds is 10. The van der Waals surface area contributed by atoms with E-state index in [1.165, 1.54) is 7.11 Å². The third-order valence-corrected chi connectivity index (χ3v) is 3.36. The molecular formula is C12H21N3O4S. The van der Waals surface area contributed by atoms with E-state index in [4.69, 9.17) is 15.2 Å². The monoisotopic (exact) mass is 303 g/mol. The Kier molecular flexibility index (Phi) is 7.93. The quantitative estimate of drug-likeness (QED) is 0.498. The maximum absolute atomic E-state index is 11.5. The third kappa shape index (κ3) is 5.32. The number of esters is 1. The number of nitrogens with two attached hydrogens (primary N) is 1. The van der Waals surface area contributed by atoms with E-state index >= 15 is 0 Å². The summed E-state index contributed by atoms with van der Waals surface area (Å²) >= 11 is 1.16. The van der Waals surface area contributed by atoms with Crippen molar-refractivity contribution in [2.45, 2.75) is 12.8 Å². The van der Waals surface area contributed by atoms with E-state index in [1.54, 1.807) is 7.11 Å². The Morgan fingerprint density at radius 3 is 2.80 bits per heavy atom. The number of aromatic nitrogens is 1. The van der Waals surface area contributed by atoms with Gasteiger partial charge in [-0.15, -0.1) is 0 Å². The number of anilines is 2. The summed E-state index contributed by atoms with van der Waals surface area (Å²) in [4.78, 5) is 11.5. The van der Waals surface area contributed by atoms with Crippen molar-refractivity contribution in [1.82, 2.24) is 4.37 Å². The highest BCUT2D eigenvalue weighted by atomic mass is 32.1. The Morgan fingerprint density at radius 2 is 2.10 bits per heavy atom. The molecule has 0 radical (unpaired) electrons. The SMILES string of the molecule is COCCOCCCCNc1snc(N)c1C(=O)OC. The molecule has 0 amide bonds. The van der Waals surface area contributed by atoms with Crippen LogP contribution in [0.1, 0.15) is 23.2 Å². The molecule has 0 fully saturated rings. The molecule has 20 heavy (non-hydrogen) atoms. The summed E-state index contributed by atoms with van der Waals surface area (Å²) in [6, 6.07) is 0. The average Bonchev–Trinajstić information content (AvgIpc) is 2.82. The zero-order valence-corrected chi connectivity index (χ0v) is 12.6. The van der Waals surface area contributed by atoms with Gasteiger partial charge in [0.1, 0.15) is 10.6 Å². The summed E-state index contributed by atoms with van der Waals surface area (Å²) in [6.45, 7) is 2.64. The van der Waals surface area contributed by atoms with Crippen LogP contribution in [0.15, 0.2) is 0 Å². The van der Waals surface area contributed by atoms with Crippen LogP contribution in [0.5, 0.6) is 0 Å². The number of nitrogens with one attached hydrogen (secondary N) is 1. The summed E-state index contributed by atoms with van der Waals surface area (Å²) in [5.74, 6) is -0.270. The molecule has 7 nitrogen and oxygen atoms in total. The number of carbonyl (C=O) groups is 1. The molecule has 8 heteroatoms. The van der Waals surface area contributed by atoms with Crippen molar-refractivity contribution in [3.63, 3.8) is 0 Å². The van der Waals surface area contributed by atoms with Crippen LogP contribution in [0, 0.1) is 0 Å². The van der Waals surface area contributed by atoms with E-state index in [0.29, 0.717) is 30.4 Å². The minimum absolute atomic E-state index is 0.201. The first-order valence-electron chi connectivity index (χ1n) is 6.34. The fourth-order valence-electron chi connectivity index (χ4n) is 1.50. The Balaban J connectivity index is 2.24. The van der Waals surface area contributed by atoms with Crippen LogP contribution < -0.4 is 11.1 Å². The summed E-state index contributed by atoms with van der Waals surface area (Å²) in [5.41, 5.74) is 5.96. The van der Waals surface area contributed by atoms with Gasteiger partial charge in [0.25, 0.3) is 0 Å². The minimum Gasteiger partial charge on any atom is -0.465 e. The molecule has 1 heterocycles. The number of hydrogen-bond acceptors (Lipinski definition) is 8. The lowest BCUT2D eigenvalue weighted by molar-refractivity contribution is 0.0603. The van der Waals surface area contributed by atoms with Crippen molar-refractivity contribution < 1.29 is 19.0 Å². The van der Waals surface area contributed by atoms with Crippen LogP contribution in [0.3, 0.4) is 0 Å². The first-order chi connectivity index (χ1) is 9.70. The number of carbonyl (C=O) groups excluding carboxylic acids is 1. The number of unbranched alkanes of at least 4 members (excludes halogenated alkanes) is 1. The average molecular weight is 303 g/mol. The molecule has 0 unspecified atom stereocenters. The van der Waals surface area contributed by atoms with Crippen molar-refractivity contribution in [2.75, 3.05) is 51.6 Å². The van der Waals surface area contributed by atoms with Gasteiger partial charge in [0.2, 0.25) is 0 Å². The molecule has 1 aromatic rings. The largest absolute Gasteiger partial charge is 0.465 e. The van der Waals surface area contributed by atoms with Crippen molar-refractivity contribution >= 4 is 28.3 Å². The van der Waals surface area contributed by atoms with E-state index in [1.807, 2.05) is 0 Å². The van der Waals surface area contributed by atoms with Gasteiger partial charge in [-0.3, -0.25) is 0 Å². The number of hydrogen-bond donors (Lipinski definition) is 2. The second-order valence-corrected chi connectivity index (χ2v) is 4.78. The van der Waals surface area contributed by atoms with Crippen LogP contribution >= 0.6 is 11.5 Å². The summed E-state index contributed by atoms with van der Waals surface area (Å²) in [6.07, 6.45) is 1.85. The highest BCUT2D eigenvalue weighted by Crippen LogP contribution is 2.27. The van der Waals surface area contributed by atoms with Crippen LogP contribution in [0.25, 0.3) is 0 Å². The Morgan fingerprint density at radius 1 is 1.30 bits per heavy atom. The fourth-order valence-corrected chi connectivity index (χ4v) is 2.22. The highest BCUT2D eigenvalue weighted by Gasteiger charge is 2.19. The highest BCUT2D eigenvalue weighted by molar-refractivity contribution is 7.11. The number of methoxy groups -OCH3 is 2. The molecule has 1 rings (SSSR count). The summed E-state index contributed by atoms with van der Waals surface area (Å²) < 4.78 is 18.9. The van der Waals surface area contributed by atoms with Gasteiger partial charge in [0, 0.05) is 20.3 Å². The normalized spacial score (nSPS) is 10.5. The molecule has 3 N–H and O–H groups in total. The fraction of sp³-hybridized carbons (Fsp3) is 0.667. The van der Waals surface area contributed by atoms with Gasteiger partial charge in [0.15, 0.2) is 5.82 Å². The van der Waals surface area contributed by atoms with Crippen molar-refractivity contribution in [3.8, 4) is 0 Å². The second kappa shape index (κ2) is 9.51. The zero-order valence-electron chi connectivity index (χ0n) is 11.8. The summed E-state index contributed by atoms with van der Waals surface area (Å²) in [5, 5.41) is 3.79. The van der Waals surface area contributed by atoms with Crippen molar-refractivity contribution in [1.29, 1.82) is 0 Å². The van der Waals surface area contributed by atoms with Gasteiger partial charge in [-0.25, -0.2) is 4.79 Å². The Hall–Kier alpha value is -1.38. The predicted octanol–water partition coefficient (Wildman–Crippen LogP) is 1.37. The second-order valence-electron chi connectivity index (χ2n) is 4.00. The molecule has 0 aliphatic carbocycles. The van der Waals surface area contributed by atoms with E-state index in [-0.39, 0.29) is 5.82 Å². The first kappa shape index (κ1) is 16.7. The standard InChI is InChI=1S/C12H21N3O4S/c1-17-7-8-19-6-4-3-5-14-11-9(12(16)18-2)10(13)15-20-11/h14H,3-8H2,1-2H3,(H2,13,15). The third-order valence-electron chi connectivity index (χ3n) is 2.54. The van der Waals surface area contributed by atoms with Crippen LogP contribution in [-0.2, 0) is 14.2 Å². The topological polar surface area (TPSA) is 95.7 Å². The maximum Gasteiger partial charge on any atom is 0.344 e.